The summed E-state index contributed by atoms with van der Waals surface area (Å²) in [6.07, 6.45) is 7.33. The van der Waals surface area contributed by atoms with Crippen molar-refractivity contribution in [3.63, 3.8) is 0 Å². The van der Waals surface area contributed by atoms with Gasteiger partial charge in [0.25, 0.3) is 5.56 Å². The van der Waals surface area contributed by atoms with Crippen LogP contribution in [0.3, 0.4) is 0 Å². The number of hydrogen-bond acceptors (Lipinski definition) is 4. The second-order valence-corrected chi connectivity index (χ2v) is 9.55. The van der Waals surface area contributed by atoms with Crippen molar-refractivity contribution in [2.24, 2.45) is 5.10 Å². The molecule has 4 aromatic rings. The maximum atomic E-state index is 13.4. The van der Waals surface area contributed by atoms with Crippen molar-refractivity contribution in [2.75, 3.05) is 0 Å². The number of rotatable bonds is 6. The maximum absolute atomic E-state index is 13.4. The van der Waals surface area contributed by atoms with Gasteiger partial charge in [0.05, 0.1) is 17.1 Å². The second-order valence-electron chi connectivity index (χ2n) is 8.64. The monoisotopic (exact) mass is 515 g/mol. The average Bonchev–Trinajstić information content (AvgIpc) is 2.89. The molecule has 0 saturated heterocycles. The van der Waals surface area contributed by atoms with E-state index in [0.29, 0.717) is 12.0 Å². The van der Waals surface area contributed by atoms with E-state index in [1.807, 2.05) is 72.8 Å². The largest absolute Gasteiger partial charge is 0.488 e. The van der Waals surface area contributed by atoms with Gasteiger partial charge in [0.2, 0.25) is 0 Å². The van der Waals surface area contributed by atoms with Crippen LogP contribution >= 0.6 is 15.9 Å². The smallest absolute Gasteiger partial charge is 0.282 e. The fourth-order valence-corrected chi connectivity index (χ4v) is 4.72. The molecule has 0 atom stereocenters. The van der Waals surface area contributed by atoms with E-state index < -0.39 is 0 Å². The minimum atomic E-state index is -0.129. The molecule has 5 nitrogen and oxygen atoms in total. The average molecular weight is 516 g/mol. The van der Waals surface area contributed by atoms with E-state index in [4.69, 9.17) is 9.72 Å². The Morgan fingerprint density at radius 2 is 1.71 bits per heavy atom. The molecular weight excluding hydrogens is 490 g/mol. The van der Waals surface area contributed by atoms with Gasteiger partial charge in [-0.05, 0) is 54.8 Å². The van der Waals surface area contributed by atoms with Gasteiger partial charge in [-0.3, -0.25) is 4.79 Å². The minimum absolute atomic E-state index is 0.129. The molecule has 5 rings (SSSR count). The van der Waals surface area contributed by atoms with Crippen LogP contribution in [0.4, 0.5) is 0 Å². The summed E-state index contributed by atoms with van der Waals surface area (Å²) in [6, 6.07) is 23.3. The highest BCUT2D eigenvalue weighted by Gasteiger charge is 2.22. The number of ether oxygens (including phenoxy) is 1. The summed E-state index contributed by atoms with van der Waals surface area (Å²) in [4.78, 5) is 18.3. The highest BCUT2D eigenvalue weighted by atomic mass is 79.9. The Morgan fingerprint density at radius 1 is 0.971 bits per heavy atom. The zero-order valence-corrected chi connectivity index (χ0v) is 20.4. The first-order chi connectivity index (χ1) is 16.7. The Balaban J connectivity index is 1.49. The third kappa shape index (κ3) is 4.97. The number of benzene rings is 3. The molecule has 0 radical (unpaired) electrons. The first-order valence-electron chi connectivity index (χ1n) is 11.7. The minimum Gasteiger partial charge on any atom is -0.488 e. The molecular formula is C28H26BrN3O2. The van der Waals surface area contributed by atoms with Crippen LogP contribution in [-0.4, -0.2) is 15.9 Å². The van der Waals surface area contributed by atoms with Crippen LogP contribution in [0.15, 0.2) is 87.2 Å². The Bertz CT molecular complexity index is 1370. The lowest BCUT2D eigenvalue weighted by Crippen LogP contribution is -2.25. The number of para-hydroxylation sites is 2. The summed E-state index contributed by atoms with van der Waals surface area (Å²) in [7, 11) is 0. The van der Waals surface area contributed by atoms with Crippen molar-refractivity contribution in [3.8, 4) is 5.75 Å². The molecule has 1 aromatic heterocycles. The highest BCUT2D eigenvalue weighted by Crippen LogP contribution is 2.31. The molecule has 6 heteroatoms. The van der Waals surface area contributed by atoms with Crippen molar-refractivity contribution >= 4 is 33.0 Å². The van der Waals surface area contributed by atoms with E-state index in [0.717, 1.165) is 58.4 Å². The predicted octanol–water partition coefficient (Wildman–Crippen LogP) is 6.67. The fraction of sp³-hybridized carbons (Fsp3) is 0.250. The number of aromatic nitrogens is 2. The third-order valence-electron chi connectivity index (χ3n) is 6.29. The van der Waals surface area contributed by atoms with E-state index in [2.05, 4.69) is 21.0 Å². The summed E-state index contributed by atoms with van der Waals surface area (Å²) < 4.78 is 8.63. The van der Waals surface area contributed by atoms with Crippen LogP contribution in [0.2, 0.25) is 0 Å². The first-order valence-corrected chi connectivity index (χ1v) is 12.5. The lowest BCUT2D eigenvalue weighted by molar-refractivity contribution is 0.306. The summed E-state index contributed by atoms with van der Waals surface area (Å²) in [5, 5.41) is 5.24. The van der Waals surface area contributed by atoms with E-state index in [1.54, 1.807) is 6.21 Å². The number of nitrogens with zero attached hydrogens (tertiary/aromatic N) is 3. The normalized spacial score (nSPS) is 14.6. The van der Waals surface area contributed by atoms with Crippen molar-refractivity contribution in [2.45, 2.75) is 44.6 Å². The molecule has 1 aliphatic carbocycles. The van der Waals surface area contributed by atoms with E-state index in [1.165, 1.54) is 11.1 Å². The molecule has 1 aliphatic rings. The van der Waals surface area contributed by atoms with Gasteiger partial charge in [-0.1, -0.05) is 71.6 Å². The van der Waals surface area contributed by atoms with Crippen molar-refractivity contribution < 1.29 is 4.74 Å². The molecule has 0 N–H and O–H groups in total. The number of fused-ring (bicyclic) bond motifs is 1. The van der Waals surface area contributed by atoms with Gasteiger partial charge in [0.1, 0.15) is 18.2 Å². The molecule has 1 fully saturated rings. The lowest BCUT2D eigenvalue weighted by atomic mass is 9.88. The predicted molar refractivity (Wildman–Crippen MR) is 140 cm³/mol. The van der Waals surface area contributed by atoms with Crippen LogP contribution in [0.5, 0.6) is 5.75 Å². The van der Waals surface area contributed by atoms with Gasteiger partial charge in [0.15, 0.2) is 0 Å². The molecule has 0 amide bonds. The van der Waals surface area contributed by atoms with Gasteiger partial charge >= 0.3 is 0 Å². The lowest BCUT2D eigenvalue weighted by Gasteiger charge is -2.22. The van der Waals surface area contributed by atoms with E-state index in [-0.39, 0.29) is 11.5 Å². The molecule has 34 heavy (non-hydrogen) atoms. The Hall–Kier alpha value is -3.25. The molecule has 0 unspecified atom stereocenters. The van der Waals surface area contributed by atoms with Crippen LogP contribution in [0.25, 0.3) is 10.9 Å². The fourth-order valence-electron chi connectivity index (χ4n) is 4.46. The van der Waals surface area contributed by atoms with Crippen molar-refractivity contribution in [1.82, 2.24) is 9.66 Å². The number of halogens is 1. The van der Waals surface area contributed by atoms with Gasteiger partial charge < -0.3 is 4.74 Å². The van der Waals surface area contributed by atoms with Crippen LogP contribution in [0.1, 0.15) is 55.0 Å². The highest BCUT2D eigenvalue weighted by molar-refractivity contribution is 9.10. The van der Waals surface area contributed by atoms with Gasteiger partial charge in [-0.25, -0.2) is 4.98 Å². The zero-order chi connectivity index (χ0) is 23.3. The molecule has 0 bridgehead atoms. The summed E-state index contributed by atoms with van der Waals surface area (Å²) in [6.45, 7) is 0.447. The summed E-state index contributed by atoms with van der Waals surface area (Å²) in [5.41, 5.74) is 2.49. The topological polar surface area (TPSA) is 56.5 Å². The van der Waals surface area contributed by atoms with Crippen molar-refractivity contribution in [3.05, 3.63) is 105 Å². The van der Waals surface area contributed by atoms with Gasteiger partial charge in [-0.2, -0.15) is 9.78 Å². The quantitative estimate of drug-likeness (QED) is 0.269. The molecule has 172 valence electrons. The Labute approximate surface area is 207 Å². The molecule has 0 spiro atoms. The second kappa shape index (κ2) is 10.3. The SMILES string of the molecule is O=c1c2ccccc2nc(C2CCCCC2)n1N=Cc1ccccc1OCc1ccc(Br)cc1. The molecule has 0 aliphatic heterocycles. The van der Waals surface area contributed by atoms with Crippen LogP contribution in [-0.2, 0) is 6.61 Å². The maximum Gasteiger partial charge on any atom is 0.282 e. The van der Waals surface area contributed by atoms with Crippen LogP contribution in [0, 0.1) is 0 Å². The summed E-state index contributed by atoms with van der Waals surface area (Å²) in [5.74, 6) is 1.72. The van der Waals surface area contributed by atoms with Crippen LogP contribution < -0.4 is 10.3 Å². The third-order valence-corrected chi connectivity index (χ3v) is 6.82. The Kier molecular flexibility index (Phi) is 6.86. The standard InChI is InChI=1S/C28H26BrN3O2/c29-23-16-14-20(15-17-23)19-34-26-13-7-4-10-22(26)18-30-32-27(21-8-2-1-3-9-21)31-25-12-6-5-11-24(25)28(32)33/h4-7,10-18,21H,1-3,8-9,19H2. The Morgan fingerprint density at radius 3 is 2.53 bits per heavy atom. The van der Waals surface area contributed by atoms with E-state index >= 15 is 0 Å². The zero-order valence-electron chi connectivity index (χ0n) is 18.9. The summed E-state index contributed by atoms with van der Waals surface area (Å²) >= 11 is 3.46. The molecule has 1 heterocycles. The van der Waals surface area contributed by atoms with E-state index in [9.17, 15) is 4.79 Å². The molecule has 3 aromatic carbocycles. The van der Waals surface area contributed by atoms with Crippen molar-refractivity contribution in [1.29, 1.82) is 0 Å². The first kappa shape index (κ1) is 22.5. The molecule has 1 saturated carbocycles. The van der Waals surface area contributed by atoms with Gasteiger partial charge in [-0.15, -0.1) is 0 Å². The number of hydrogen-bond donors (Lipinski definition) is 0. The van der Waals surface area contributed by atoms with Gasteiger partial charge in [0, 0.05) is 16.0 Å².